The SMILES string of the molecule is C=C/C(=C\C=C/C)C(=C)CCCC1=CC=CC=CC1.C=CC. The van der Waals surface area contributed by atoms with Crippen LogP contribution in [0.1, 0.15) is 39.5 Å². The van der Waals surface area contributed by atoms with Crippen LogP contribution in [0.2, 0.25) is 0 Å². The Morgan fingerprint density at radius 1 is 1.18 bits per heavy atom. The van der Waals surface area contributed by atoms with Gasteiger partial charge in [-0.2, -0.15) is 0 Å². The van der Waals surface area contributed by atoms with Crippen molar-refractivity contribution >= 4 is 0 Å². The summed E-state index contributed by atoms with van der Waals surface area (Å²) in [5, 5.41) is 0. The molecule has 0 N–H and O–H groups in total. The molecule has 0 atom stereocenters. The Morgan fingerprint density at radius 3 is 2.55 bits per heavy atom. The highest BCUT2D eigenvalue weighted by molar-refractivity contribution is 5.39. The van der Waals surface area contributed by atoms with Crippen LogP contribution in [-0.4, -0.2) is 0 Å². The van der Waals surface area contributed by atoms with E-state index in [1.807, 2.05) is 32.1 Å². The van der Waals surface area contributed by atoms with Crippen molar-refractivity contribution in [2.75, 3.05) is 0 Å². The monoisotopic (exact) mass is 294 g/mol. The summed E-state index contributed by atoms with van der Waals surface area (Å²) in [7, 11) is 0. The quantitative estimate of drug-likeness (QED) is 0.349. The van der Waals surface area contributed by atoms with Crippen molar-refractivity contribution in [1.82, 2.24) is 0 Å². The third-order valence-electron chi connectivity index (χ3n) is 3.14. The molecule has 0 spiro atoms. The van der Waals surface area contributed by atoms with E-state index in [2.05, 4.69) is 56.2 Å². The van der Waals surface area contributed by atoms with Crippen LogP contribution in [0, 0.1) is 0 Å². The summed E-state index contributed by atoms with van der Waals surface area (Å²) in [5.41, 5.74) is 3.82. The molecule has 0 amide bonds. The van der Waals surface area contributed by atoms with E-state index in [4.69, 9.17) is 0 Å². The first-order valence-electron chi connectivity index (χ1n) is 7.91. The smallest absolute Gasteiger partial charge is 0.0133 e. The Balaban J connectivity index is 0.00000135. The standard InChI is InChI=1S/C19H24.C3H6/c1-4-6-16-19(5-2)17(3)12-11-15-18-13-9-7-8-10-14-18;1-3-2/h4-10,13,16H,2-3,11-12,14-15H2,1H3;3H,1H2,2H3/b6-4-,19-16+;. The molecule has 0 heteroatoms. The molecule has 1 aliphatic carbocycles. The van der Waals surface area contributed by atoms with Gasteiger partial charge in [0.25, 0.3) is 0 Å². The molecule has 0 saturated heterocycles. The molecule has 0 saturated carbocycles. The maximum Gasteiger partial charge on any atom is -0.0133 e. The largest absolute Gasteiger partial charge is 0.103 e. The minimum absolute atomic E-state index is 1.03. The predicted octanol–water partition coefficient (Wildman–Crippen LogP) is 7.04. The zero-order valence-corrected chi connectivity index (χ0v) is 14.2. The Kier molecular flexibility index (Phi) is 12.6. The summed E-state index contributed by atoms with van der Waals surface area (Å²) in [5.74, 6) is 0. The first kappa shape index (κ1) is 19.9. The van der Waals surface area contributed by atoms with Gasteiger partial charge in [-0.1, -0.05) is 79.5 Å². The van der Waals surface area contributed by atoms with Crippen molar-refractivity contribution in [2.45, 2.75) is 39.5 Å². The van der Waals surface area contributed by atoms with Crippen LogP contribution in [0.3, 0.4) is 0 Å². The molecule has 1 rings (SSSR count). The summed E-state index contributed by atoms with van der Waals surface area (Å²) < 4.78 is 0. The molecule has 0 aromatic rings. The van der Waals surface area contributed by atoms with Gasteiger partial charge in [-0.05, 0) is 50.7 Å². The van der Waals surface area contributed by atoms with Crippen LogP contribution in [0.5, 0.6) is 0 Å². The molecule has 0 heterocycles. The van der Waals surface area contributed by atoms with Crippen molar-refractivity contribution in [3.05, 3.63) is 97.2 Å². The van der Waals surface area contributed by atoms with Gasteiger partial charge in [0.05, 0.1) is 0 Å². The zero-order chi connectivity index (χ0) is 16.6. The summed E-state index contributed by atoms with van der Waals surface area (Å²) >= 11 is 0. The fourth-order valence-corrected chi connectivity index (χ4v) is 2.01. The first-order chi connectivity index (χ1) is 10.7. The van der Waals surface area contributed by atoms with Crippen LogP contribution in [-0.2, 0) is 0 Å². The molecule has 0 unspecified atom stereocenters. The van der Waals surface area contributed by atoms with Crippen molar-refractivity contribution in [2.24, 2.45) is 0 Å². The second-order valence-electron chi connectivity index (χ2n) is 5.06. The third-order valence-corrected chi connectivity index (χ3v) is 3.14. The maximum absolute atomic E-state index is 4.16. The molecular formula is C22H30. The second-order valence-corrected chi connectivity index (χ2v) is 5.06. The molecule has 0 aromatic carbocycles. The fourth-order valence-electron chi connectivity index (χ4n) is 2.01. The Bertz CT molecular complexity index is 490. The van der Waals surface area contributed by atoms with Gasteiger partial charge >= 0.3 is 0 Å². The minimum atomic E-state index is 1.03. The lowest BCUT2D eigenvalue weighted by Crippen LogP contribution is -1.88. The highest BCUT2D eigenvalue weighted by atomic mass is 14.1. The van der Waals surface area contributed by atoms with Crippen LogP contribution in [0.25, 0.3) is 0 Å². The molecule has 118 valence electrons. The zero-order valence-electron chi connectivity index (χ0n) is 14.2. The molecule has 1 aliphatic rings. The summed E-state index contributed by atoms with van der Waals surface area (Å²) in [4.78, 5) is 0. The lowest BCUT2D eigenvalue weighted by Gasteiger charge is -2.07. The Labute approximate surface area is 137 Å². The van der Waals surface area contributed by atoms with E-state index in [0.29, 0.717) is 0 Å². The van der Waals surface area contributed by atoms with E-state index in [0.717, 1.165) is 31.3 Å². The average molecular weight is 294 g/mol. The average Bonchev–Trinajstić information content (AvgIpc) is 2.78. The summed E-state index contributed by atoms with van der Waals surface area (Å²) in [6.45, 7) is 15.3. The maximum atomic E-state index is 4.16. The van der Waals surface area contributed by atoms with Gasteiger partial charge < -0.3 is 0 Å². The third kappa shape index (κ3) is 9.77. The van der Waals surface area contributed by atoms with E-state index in [9.17, 15) is 0 Å². The Hall–Kier alpha value is -2.08. The topological polar surface area (TPSA) is 0 Å². The molecule has 0 bridgehead atoms. The van der Waals surface area contributed by atoms with Crippen molar-refractivity contribution in [1.29, 1.82) is 0 Å². The van der Waals surface area contributed by atoms with Crippen LogP contribution in [0.4, 0.5) is 0 Å². The van der Waals surface area contributed by atoms with Crippen LogP contribution in [0.15, 0.2) is 97.2 Å². The number of allylic oxidation sites excluding steroid dienone is 13. The van der Waals surface area contributed by atoms with Gasteiger partial charge in [-0.15, -0.1) is 6.58 Å². The highest BCUT2D eigenvalue weighted by Gasteiger charge is 2.01. The first-order valence-corrected chi connectivity index (χ1v) is 7.91. The van der Waals surface area contributed by atoms with E-state index in [-0.39, 0.29) is 0 Å². The van der Waals surface area contributed by atoms with Crippen LogP contribution >= 0.6 is 0 Å². The van der Waals surface area contributed by atoms with E-state index >= 15 is 0 Å². The van der Waals surface area contributed by atoms with Gasteiger partial charge in [0, 0.05) is 0 Å². The number of hydrogen-bond donors (Lipinski definition) is 0. The molecule has 22 heavy (non-hydrogen) atoms. The molecule has 0 aromatic heterocycles. The Morgan fingerprint density at radius 2 is 1.91 bits per heavy atom. The lowest BCUT2D eigenvalue weighted by molar-refractivity contribution is 0.799. The lowest BCUT2D eigenvalue weighted by atomic mass is 9.98. The molecule has 0 radical (unpaired) electrons. The van der Waals surface area contributed by atoms with Gasteiger partial charge in [0.15, 0.2) is 0 Å². The van der Waals surface area contributed by atoms with Gasteiger partial charge in [-0.3, -0.25) is 0 Å². The van der Waals surface area contributed by atoms with Crippen molar-refractivity contribution in [3.8, 4) is 0 Å². The van der Waals surface area contributed by atoms with E-state index in [1.165, 1.54) is 11.1 Å². The fraction of sp³-hybridized carbons (Fsp3) is 0.273. The van der Waals surface area contributed by atoms with Gasteiger partial charge in [0.2, 0.25) is 0 Å². The number of hydrogen-bond acceptors (Lipinski definition) is 0. The van der Waals surface area contributed by atoms with Crippen molar-refractivity contribution in [3.63, 3.8) is 0 Å². The second kappa shape index (κ2) is 13.9. The van der Waals surface area contributed by atoms with Crippen LogP contribution < -0.4 is 0 Å². The van der Waals surface area contributed by atoms with Gasteiger partial charge in [-0.25, -0.2) is 0 Å². The van der Waals surface area contributed by atoms with Gasteiger partial charge in [0.1, 0.15) is 0 Å². The van der Waals surface area contributed by atoms with E-state index in [1.54, 1.807) is 6.08 Å². The predicted molar refractivity (Wildman–Crippen MR) is 103 cm³/mol. The summed E-state index contributed by atoms with van der Waals surface area (Å²) in [6.07, 6.45) is 24.9. The highest BCUT2D eigenvalue weighted by Crippen LogP contribution is 2.20. The van der Waals surface area contributed by atoms with Crippen molar-refractivity contribution < 1.29 is 0 Å². The molecular weight excluding hydrogens is 264 g/mol. The molecule has 0 nitrogen and oxygen atoms in total. The van der Waals surface area contributed by atoms with E-state index < -0.39 is 0 Å². The number of rotatable bonds is 7. The molecule has 0 aliphatic heterocycles. The minimum Gasteiger partial charge on any atom is -0.103 e. The normalized spacial score (nSPS) is 13.9. The molecule has 0 fully saturated rings. The summed E-state index contributed by atoms with van der Waals surface area (Å²) in [6, 6.07) is 0.